The molecule has 4 rings (SSSR count). The molecular formula is C18H19N3O2S. The van der Waals surface area contributed by atoms with Crippen LogP contribution in [-0.2, 0) is 11.2 Å². The van der Waals surface area contributed by atoms with Crippen LogP contribution in [0.3, 0.4) is 0 Å². The predicted molar refractivity (Wildman–Crippen MR) is 93.5 cm³/mol. The lowest BCUT2D eigenvalue weighted by molar-refractivity contribution is 0.0958. The van der Waals surface area contributed by atoms with Gasteiger partial charge in [0.1, 0.15) is 5.65 Å². The number of hydrogen-bond acceptors (Lipinski definition) is 4. The molecule has 6 heteroatoms. The van der Waals surface area contributed by atoms with Crippen LogP contribution in [0.5, 0.6) is 0 Å². The number of nitrogens with zero attached hydrogens (tertiary/aromatic N) is 2. The molecule has 1 aliphatic rings. The quantitative estimate of drug-likeness (QED) is 0.775. The Kier molecular flexibility index (Phi) is 4.32. The number of hydrogen-bond donors (Lipinski definition) is 1. The van der Waals surface area contributed by atoms with Gasteiger partial charge in [-0.15, -0.1) is 11.3 Å². The van der Waals surface area contributed by atoms with Crippen molar-refractivity contribution in [2.75, 3.05) is 13.2 Å². The van der Waals surface area contributed by atoms with Gasteiger partial charge < -0.3 is 14.5 Å². The van der Waals surface area contributed by atoms with Crippen LogP contribution in [0.4, 0.5) is 0 Å². The lowest BCUT2D eigenvalue weighted by atomic mass is 10.2. The SMILES string of the molecule is O=C(NCCc1cnc2ccccn12)c1ccc([C@H]2CCCO2)s1. The summed E-state index contributed by atoms with van der Waals surface area (Å²) in [5, 5.41) is 3.00. The standard InChI is InChI=1S/C18H19N3O2S/c22-18(16-7-6-15(24-16)14-4-3-11-23-14)19-9-8-13-12-20-17-5-1-2-10-21(13)17/h1-2,5-7,10,12,14H,3-4,8-9,11H2,(H,19,22)/t14-/m1/s1. The van der Waals surface area contributed by atoms with Crippen molar-refractivity contribution in [3.8, 4) is 0 Å². The minimum atomic E-state index is -0.0157. The Hall–Kier alpha value is -2.18. The number of aromatic nitrogens is 2. The lowest BCUT2D eigenvalue weighted by Gasteiger charge is -2.05. The number of pyridine rings is 1. The summed E-state index contributed by atoms with van der Waals surface area (Å²) in [6.07, 6.45) is 6.93. The highest BCUT2D eigenvalue weighted by Gasteiger charge is 2.20. The van der Waals surface area contributed by atoms with Crippen LogP contribution < -0.4 is 5.32 Å². The van der Waals surface area contributed by atoms with Gasteiger partial charge in [0.05, 0.1) is 11.0 Å². The van der Waals surface area contributed by atoms with Gasteiger partial charge in [-0.25, -0.2) is 4.98 Å². The molecule has 1 N–H and O–H groups in total. The van der Waals surface area contributed by atoms with Crippen molar-refractivity contribution in [1.82, 2.24) is 14.7 Å². The molecule has 1 amide bonds. The number of fused-ring (bicyclic) bond motifs is 1. The molecule has 0 radical (unpaired) electrons. The summed E-state index contributed by atoms with van der Waals surface area (Å²) in [4.78, 5) is 18.6. The maximum absolute atomic E-state index is 12.3. The largest absolute Gasteiger partial charge is 0.373 e. The Labute approximate surface area is 144 Å². The number of thiophene rings is 1. The highest BCUT2D eigenvalue weighted by molar-refractivity contribution is 7.14. The Morgan fingerprint density at radius 2 is 2.33 bits per heavy atom. The molecule has 0 unspecified atom stereocenters. The fraction of sp³-hybridized carbons (Fsp3) is 0.333. The third-order valence-corrected chi connectivity index (χ3v) is 5.43. The van der Waals surface area contributed by atoms with Gasteiger partial charge >= 0.3 is 0 Å². The molecule has 124 valence electrons. The molecular weight excluding hydrogens is 322 g/mol. The number of imidazole rings is 1. The molecule has 0 aromatic carbocycles. The van der Waals surface area contributed by atoms with Gasteiger partial charge in [0.15, 0.2) is 0 Å². The van der Waals surface area contributed by atoms with Crippen molar-refractivity contribution >= 4 is 22.9 Å². The molecule has 1 fully saturated rings. The Morgan fingerprint density at radius 3 is 3.21 bits per heavy atom. The van der Waals surface area contributed by atoms with Crippen molar-refractivity contribution in [2.45, 2.75) is 25.4 Å². The summed E-state index contributed by atoms with van der Waals surface area (Å²) in [7, 11) is 0. The topological polar surface area (TPSA) is 55.6 Å². The van der Waals surface area contributed by atoms with E-state index in [-0.39, 0.29) is 12.0 Å². The van der Waals surface area contributed by atoms with E-state index in [0.717, 1.165) is 47.0 Å². The zero-order valence-corrected chi connectivity index (χ0v) is 14.1. The molecule has 3 aromatic heterocycles. The second kappa shape index (κ2) is 6.75. The van der Waals surface area contributed by atoms with E-state index in [1.54, 1.807) is 0 Å². The van der Waals surface area contributed by atoms with Crippen LogP contribution in [0.1, 0.15) is 39.2 Å². The van der Waals surface area contributed by atoms with E-state index in [0.29, 0.717) is 6.54 Å². The molecule has 24 heavy (non-hydrogen) atoms. The van der Waals surface area contributed by atoms with Gasteiger partial charge in [-0.3, -0.25) is 4.79 Å². The molecule has 0 saturated carbocycles. The van der Waals surface area contributed by atoms with E-state index in [1.807, 2.05) is 47.1 Å². The fourth-order valence-corrected chi connectivity index (χ4v) is 4.02. The highest BCUT2D eigenvalue weighted by atomic mass is 32.1. The van der Waals surface area contributed by atoms with Crippen LogP contribution >= 0.6 is 11.3 Å². The summed E-state index contributed by atoms with van der Waals surface area (Å²) in [6, 6.07) is 9.83. The zero-order valence-electron chi connectivity index (χ0n) is 13.3. The van der Waals surface area contributed by atoms with Gasteiger partial charge in [0.2, 0.25) is 0 Å². The Morgan fingerprint density at radius 1 is 1.38 bits per heavy atom. The number of ether oxygens (including phenoxy) is 1. The first-order chi connectivity index (χ1) is 11.8. The summed E-state index contributed by atoms with van der Waals surface area (Å²) in [6.45, 7) is 1.41. The Bertz CT molecular complexity index is 849. The highest BCUT2D eigenvalue weighted by Crippen LogP contribution is 2.33. The first-order valence-corrected chi connectivity index (χ1v) is 9.03. The molecule has 1 saturated heterocycles. The molecule has 0 aliphatic carbocycles. The smallest absolute Gasteiger partial charge is 0.261 e. The normalized spacial score (nSPS) is 17.4. The number of nitrogens with one attached hydrogen (secondary N) is 1. The van der Waals surface area contributed by atoms with E-state index in [2.05, 4.69) is 10.3 Å². The van der Waals surface area contributed by atoms with E-state index in [1.165, 1.54) is 11.3 Å². The van der Waals surface area contributed by atoms with Crippen LogP contribution in [0.15, 0.2) is 42.7 Å². The van der Waals surface area contributed by atoms with Crippen LogP contribution in [0, 0.1) is 0 Å². The maximum atomic E-state index is 12.3. The second-order valence-electron chi connectivity index (χ2n) is 5.89. The third kappa shape index (κ3) is 3.07. The lowest BCUT2D eigenvalue weighted by Crippen LogP contribution is -2.25. The fourth-order valence-electron chi connectivity index (χ4n) is 3.01. The van der Waals surface area contributed by atoms with Crippen molar-refractivity contribution in [2.24, 2.45) is 0 Å². The molecule has 3 aromatic rings. The number of amides is 1. The van der Waals surface area contributed by atoms with Gasteiger partial charge in [-0.1, -0.05) is 6.07 Å². The second-order valence-corrected chi connectivity index (χ2v) is 7.00. The van der Waals surface area contributed by atoms with Crippen molar-refractivity contribution in [3.05, 3.63) is 58.2 Å². The van der Waals surface area contributed by atoms with Crippen molar-refractivity contribution < 1.29 is 9.53 Å². The van der Waals surface area contributed by atoms with Crippen LogP contribution in [-0.4, -0.2) is 28.4 Å². The van der Waals surface area contributed by atoms with E-state index >= 15 is 0 Å². The number of rotatable bonds is 5. The molecule has 1 atom stereocenters. The number of carbonyl (C=O) groups excluding carboxylic acids is 1. The summed E-state index contributed by atoms with van der Waals surface area (Å²) >= 11 is 1.53. The summed E-state index contributed by atoms with van der Waals surface area (Å²) in [5.41, 5.74) is 2.02. The monoisotopic (exact) mass is 341 g/mol. The predicted octanol–water partition coefficient (Wildman–Crippen LogP) is 3.22. The van der Waals surface area contributed by atoms with E-state index in [4.69, 9.17) is 4.74 Å². The third-order valence-electron chi connectivity index (χ3n) is 4.26. The average molecular weight is 341 g/mol. The number of carbonyl (C=O) groups is 1. The average Bonchev–Trinajstić information content (AvgIpc) is 3.35. The van der Waals surface area contributed by atoms with Gasteiger partial charge in [-0.05, 0) is 37.1 Å². The van der Waals surface area contributed by atoms with Crippen molar-refractivity contribution in [1.29, 1.82) is 0 Å². The first-order valence-electron chi connectivity index (χ1n) is 8.22. The van der Waals surface area contributed by atoms with Crippen LogP contribution in [0.25, 0.3) is 5.65 Å². The maximum Gasteiger partial charge on any atom is 0.261 e. The van der Waals surface area contributed by atoms with Crippen LogP contribution in [0.2, 0.25) is 0 Å². The summed E-state index contributed by atoms with van der Waals surface area (Å²) in [5.74, 6) is -0.0157. The first kappa shape index (κ1) is 15.4. The summed E-state index contributed by atoms with van der Waals surface area (Å²) < 4.78 is 7.72. The zero-order chi connectivity index (χ0) is 16.4. The van der Waals surface area contributed by atoms with E-state index < -0.39 is 0 Å². The molecule has 0 spiro atoms. The molecule has 4 heterocycles. The molecule has 5 nitrogen and oxygen atoms in total. The Balaban J connectivity index is 1.35. The van der Waals surface area contributed by atoms with Crippen molar-refractivity contribution in [3.63, 3.8) is 0 Å². The minimum absolute atomic E-state index is 0.0157. The van der Waals surface area contributed by atoms with Gasteiger partial charge in [0.25, 0.3) is 5.91 Å². The minimum Gasteiger partial charge on any atom is -0.373 e. The molecule has 1 aliphatic heterocycles. The molecule has 0 bridgehead atoms. The van der Waals surface area contributed by atoms with Gasteiger partial charge in [0, 0.05) is 42.5 Å². The van der Waals surface area contributed by atoms with Gasteiger partial charge in [-0.2, -0.15) is 0 Å². The van der Waals surface area contributed by atoms with E-state index in [9.17, 15) is 4.79 Å².